The van der Waals surface area contributed by atoms with Gasteiger partial charge < -0.3 is 35.6 Å². The SMILES string of the molecule is CC(C)OC(=O)CCNC(=O)[C@@H]1O[P](O)(OC[C@H]2O[C@@H](n3cnc4c(Cl)nc(N)nc43)[C@](C)(O)[C@@H]2O)OCC1(C)C. The van der Waals surface area contributed by atoms with Crippen molar-refractivity contribution in [3.63, 3.8) is 0 Å². The molecular weight excluding hydrogens is 587 g/mol. The lowest BCUT2D eigenvalue weighted by molar-refractivity contribution is -0.148. The average molecular weight is 622 g/mol. The van der Waals surface area contributed by atoms with Crippen molar-refractivity contribution in [2.75, 3.05) is 25.5 Å². The van der Waals surface area contributed by atoms with Crippen LogP contribution in [-0.2, 0) is 32.6 Å². The van der Waals surface area contributed by atoms with Gasteiger partial charge in [-0.15, -0.1) is 0 Å². The normalized spacial score (nSPS) is 31.5. The number of imidazole rings is 1. The van der Waals surface area contributed by atoms with Crippen LogP contribution in [0.5, 0.6) is 0 Å². The molecule has 0 saturated carbocycles. The van der Waals surface area contributed by atoms with Crippen molar-refractivity contribution in [2.24, 2.45) is 5.41 Å². The molecule has 18 heteroatoms. The minimum absolute atomic E-state index is 0.0000500. The van der Waals surface area contributed by atoms with Crippen LogP contribution in [0.4, 0.5) is 5.95 Å². The number of hydrogen-bond acceptors (Lipinski definition) is 14. The molecule has 1 amide bonds. The van der Waals surface area contributed by atoms with E-state index in [9.17, 15) is 24.7 Å². The zero-order valence-corrected chi connectivity index (χ0v) is 24.8. The fraction of sp³-hybridized carbons (Fsp3) is 0.696. The van der Waals surface area contributed by atoms with Gasteiger partial charge in [-0.25, -0.2) is 4.98 Å². The van der Waals surface area contributed by atoms with Gasteiger partial charge in [0.15, 0.2) is 23.1 Å². The van der Waals surface area contributed by atoms with Gasteiger partial charge in [0.05, 0.1) is 32.1 Å². The molecule has 2 aromatic rings. The summed E-state index contributed by atoms with van der Waals surface area (Å²) in [7, 11) is -4.08. The van der Waals surface area contributed by atoms with Crippen LogP contribution in [-0.4, -0.2) is 96.3 Å². The van der Waals surface area contributed by atoms with Crippen molar-refractivity contribution in [3.8, 4) is 0 Å². The highest BCUT2D eigenvalue weighted by Crippen LogP contribution is 2.64. The van der Waals surface area contributed by atoms with Crippen molar-refractivity contribution in [3.05, 3.63) is 11.5 Å². The number of amides is 1. The summed E-state index contributed by atoms with van der Waals surface area (Å²) >= 11 is 6.10. The Kier molecular flexibility index (Phi) is 9.10. The topological polar surface area (TPSA) is 223 Å². The minimum atomic E-state index is -4.08. The maximum absolute atomic E-state index is 12.9. The molecule has 6 atom stereocenters. The number of nitrogens with zero attached hydrogens (tertiary/aromatic N) is 4. The number of nitrogens with two attached hydrogens (primary N) is 1. The highest BCUT2D eigenvalue weighted by Gasteiger charge is 2.55. The smallest absolute Gasteiger partial charge is 0.378 e. The molecule has 41 heavy (non-hydrogen) atoms. The molecule has 2 aromatic heterocycles. The Morgan fingerprint density at radius 1 is 1.34 bits per heavy atom. The molecule has 2 aliphatic heterocycles. The number of fused-ring (bicyclic) bond motifs is 1. The molecular formula is C23H35ClN6O10P. The number of nitrogen functional groups attached to an aromatic ring is 1. The summed E-state index contributed by atoms with van der Waals surface area (Å²) < 4.78 is 29.0. The first-order valence-corrected chi connectivity index (χ1v) is 14.7. The van der Waals surface area contributed by atoms with Crippen molar-refractivity contribution in [1.29, 1.82) is 0 Å². The molecule has 4 rings (SSSR count). The Morgan fingerprint density at radius 2 is 2.05 bits per heavy atom. The summed E-state index contributed by atoms with van der Waals surface area (Å²) in [4.78, 5) is 47.8. The minimum Gasteiger partial charge on any atom is -0.463 e. The fourth-order valence-corrected chi connectivity index (χ4v) is 6.31. The molecule has 0 aliphatic carbocycles. The van der Waals surface area contributed by atoms with E-state index in [1.54, 1.807) is 27.7 Å². The second-order valence-corrected chi connectivity index (χ2v) is 13.0. The van der Waals surface area contributed by atoms with E-state index in [0.29, 0.717) is 0 Å². The van der Waals surface area contributed by atoms with Crippen LogP contribution in [0.1, 0.15) is 47.3 Å². The largest absolute Gasteiger partial charge is 0.463 e. The lowest BCUT2D eigenvalue weighted by Crippen LogP contribution is -2.51. The van der Waals surface area contributed by atoms with E-state index in [1.807, 2.05) is 0 Å². The maximum Gasteiger partial charge on any atom is 0.378 e. The zero-order valence-electron chi connectivity index (χ0n) is 23.2. The van der Waals surface area contributed by atoms with Gasteiger partial charge in [0.2, 0.25) is 11.9 Å². The van der Waals surface area contributed by atoms with Crippen LogP contribution in [0.25, 0.3) is 11.2 Å². The Morgan fingerprint density at radius 3 is 2.73 bits per heavy atom. The van der Waals surface area contributed by atoms with Gasteiger partial charge in [0, 0.05) is 12.0 Å². The van der Waals surface area contributed by atoms with Crippen LogP contribution < -0.4 is 11.1 Å². The first-order chi connectivity index (χ1) is 19.0. The Balaban J connectivity index is 1.41. The van der Waals surface area contributed by atoms with Gasteiger partial charge in [-0.1, -0.05) is 25.4 Å². The summed E-state index contributed by atoms with van der Waals surface area (Å²) in [5.74, 6) is -1.17. The number of carbonyl (C=O) groups excluding carboxylic acids is 2. The van der Waals surface area contributed by atoms with Crippen molar-refractivity contribution in [1.82, 2.24) is 24.8 Å². The number of rotatable bonds is 9. The Hall–Kier alpha value is -2.27. The Bertz CT molecular complexity index is 1300. The Labute approximate surface area is 241 Å². The number of aliphatic hydroxyl groups excluding tert-OH is 1. The second kappa shape index (κ2) is 11.8. The summed E-state index contributed by atoms with van der Waals surface area (Å²) in [6.07, 6.45) is -4.08. The standard InChI is InChI=1S/C23H35ClN6O10P/c1-11(2)38-13(31)6-7-26-19(33)16-22(3,4)9-37-41(35,40-16)36-8-12-15(32)23(5,34)20(39-12)30-10-27-14-17(24)28-21(25)29-18(14)30/h10-12,15-16,20,32,34-35H,6-9H2,1-5H3,(H,26,33)(H2,25,28,29)/t12-,15-,16+,20-,23-/m1/s1. The van der Waals surface area contributed by atoms with Gasteiger partial charge in [-0.3, -0.25) is 27.7 Å². The van der Waals surface area contributed by atoms with Gasteiger partial charge in [-0.05, 0) is 20.8 Å². The molecule has 2 aliphatic rings. The third-order valence-corrected chi connectivity index (χ3v) is 8.26. The first-order valence-electron chi connectivity index (χ1n) is 12.8. The van der Waals surface area contributed by atoms with E-state index in [-0.39, 0.29) is 47.9 Å². The van der Waals surface area contributed by atoms with E-state index in [2.05, 4.69) is 20.3 Å². The molecule has 0 spiro atoms. The van der Waals surface area contributed by atoms with Crippen LogP contribution >= 0.6 is 19.8 Å². The van der Waals surface area contributed by atoms with E-state index in [1.165, 1.54) is 17.8 Å². The molecule has 1 unspecified atom stereocenters. The van der Waals surface area contributed by atoms with Crippen molar-refractivity contribution >= 4 is 48.8 Å². The fourth-order valence-electron chi connectivity index (χ4n) is 4.42. The van der Waals surface area contributed by atoms with Crippen LogP contribution in [0, 0.1) is 5.41 Å². The van der Waals surface area contributed by atoms with Gasteiger partial charge in [-0.2, -0.15) is 9.97 Å². The molecule has 16 nitrogen and oxygen atoms in total. The molecule has 2 saturated heterocycles. The predicted molar refractivity (Wildman–Crippen MR) is 144 cm³/mol. The summed E-state index contributed by atoms with van der Waals surface area (Å²) in [6.45, 7) is 7.63. The third-order valence-electron chi connectivity index (χ3n) is 6.59. The average Bonchev–Trinajstić information content (AvgIpc) is 3.37. The molecule has 229 valence electrons. The number of esters is 1. The van der Waals surface area contributed by atoms with E-state index >= 15 is 0 Å². The van der Waals surface area contributed by atoms with Gasteiger partial charge in [0.25, 0.3) is 0 Å². The number of halogens is 1. The second-order valence-electron chi connectivity index (χ2n) is 11.0. The summed E-state index contributed by atoms with van der Waals surface area (Å²) in [5, 5.41) is 24.6. The van der Waals surface area contributed by atoms with E-state index in [4.69, 9.17) is 40.4 Å². The quantitative estimate of drug-likeness (QED) is 0.147. The highest BCUT2D eigenvalue weighted by molar-refractivity contribution is 7.55. The molecule has 0 bridgehead atoms. The number of nitrogens with one attached hydrogen (secondary N) is 1. The number of aliphatic hydroxyl groups is 2. The first kappa shape index (κ1) is 31.7. The molecule has 0 aromatic carbocycles. The molecule has 1 radical (unpaired) electrons. The van der Waals surface area contributed by atoms with Crippen molar-refractivity contribution in [2.45, 2.75) is 77.3 Å². The van der Waals surface area contributed by atoms with Gasteiger partial charge in [0.1, 0.15) is 23.3 Å². The molecule has 4 heterocycles. The predicted octanol–water partition coefficient (Wildman–Crippen LogP) is 0.657. The lowest BCUT2D eigenvalue weighted by Gasteiger charge is -2.44. The summed E-state index contributed by atoms with van der Waals surface area (Å²) in [5.41, 5.74) is 3.36. The number of ether oxygens (including phenoxy) is 2. The van der Waals surface area contributed by atoms with Gasteiger partial charge >= 0.3 is 14.1 Å². The number of aromatic nitrogens is 4. The number of carbonyl (C=O) groups is 2. The third kappa shape index (κ3) is 6.71. The molecule has 6 N–H and O–H groups in total. The van der Waals surface area contributed by atoms with E-state index in [0.717, 1.165) is 0 Å². The van der Waals surface area contributed by atoms with Crippen LogP contribution in [0.2, 0.25) is 5.15 Å². The summed E-state index contributed by atoms with van der Waals surface area (Å²) in [6, 6.07) is 0. The monoisotopic (exact) mass is 621 g/mol. The number of anilines is 1. The lowest BCUT2D eigenvalue weighted by atomic mass is 9.87. The van der Waals surface area contributed by atoms with Crippen LogP contribution in [0.3, 0.4) is 0 Å². The highest BCUT2D eigenvalue weighted by atomic mass is 35.5. The molecule has 2 fully saturated rings. The van der Waals surface area contributed by atoms with E-state index < -0.39 is 62.2 Å². The zero-order chi connectivity index (χ0) is 30.3. The van der Waals surface area contributed by atoms with Crippen LogP contribution in [0.15, 0.2) is 6.33 Å². The maximum atomic E-state index is 12.9. The number of hydrogen-bond donors (Lipinski definition) is 5. The van der Waals surface area contributed by atoms with Crippen molar-refractivity contribution < 1.29 is 47.7 Å².